The monoisotopic (exact) mass is 200 g/mol. The lowest BCUT2D eigenvalue weighted by atomic mass is 9.86. The van der Waals surface area contributed by atoms with E-state index in [-0.39, 0.29) is 5.82 Å². The van der Waals surface area contributed by atoms with E-state index in [4.69, 9.17) is 11.6 Å². The van der Waals surface area contributed by atoms with Gasteiger partial charge in [0.05, 0.1) is 0 Å². The SMILES string of the molecule is CC(C)(C=O)c1cc(F)ccc1Cl. The van der Waals surface area contributed by atoms with Crippen molar-refractivity contribution in [1.29, 1.82) is 0 Å². The van der Waals surface area contributed by atoms with Gasteiger partial charge < -0.3 is 4.79 Å². The minimum absolute atomic E-state index is 0.380. The van der Waals surface area contributed by atoms with Crippen molar-refractivity contribution in [3.8, 4) is 0 Å². The Labute approximate surface area is 81.5 Å². The van der Waals surface area contributed by atoms with E-state index < -0.39 is 5.41 Å². The third kappa shape index (κ3) is 2.07. The summed E-state index contributed by atoms with van der Waals surface area (Å²) in [4.78, 5) is 10.7. The summed E-state index contributed by atoms with van der Waals surface area (Å²) in [5, 5.41) is 0.415. The van der Waals surface area contributed by atoms with Crippen LogP contribution in [0.4, 0.5) is 4.39 Å². The minimum atomic E-state index is -0.737. The molecule has 0 amide bonds. The predicted octanol–water partition coefficient (Wildman–Crippen LogP) is 2.96. The quantitative estimate of drug-likeness (QED) is 0.671. The third-order valence-electron chi connectivity index (χ3n) is 1.92. The number of hydrogen-bond donors (Lipinski definition) is 0. The molecule has 0 heterocycles. The normalized spacial score (nSPS) is 11.4. The largest absolute Gasteiger partial charge is 0.302 e. The molecule has 0 aromatic heterocycles. The summed E-state index contributed by atoms with van der Waals surface area (Å²) in [5.74, 6) is -0.380. The van der Waals surface area contributed by atoms with Gasteiger partial charge in [-0.1, -0.05) is 11.6 Å². The Kier molecular flexibility index (Phi) is 2.71. The van der Waals surface area contributed by atoms with Crippen LogP contribution in [0.5, 0.6) is 0 Å². The van der Waals surface area contributed by atoms with Gasteiger partial charge in [-0.25, -0.2) is 4.39 Å². The Hall–Kier alpha value is -0.890. The summed E-state index contributed by atoms with van der Waals surface area (Å²) >= 11 is 5.83. The number of hydrogen-bond acceptors (Lipinski definition) is 1. The fraction of sp³-hybridized carbons (Fsp3) is 0.300. The van der Waals surface area contributed by atoms with Gasteiger partial charge in [0.15, 0.2) is 0 Å². The fourth-order valence-corrected chi connectivity index (χ4v) is 1.42. The second-order valence-electron chi connectivity index (χ2n) is 3.46. The molecule has 0 saturated heterocycles. The first-order chi connectivity index (χ1) is 5.97. The maximum absolute atomic E-state index is 12.8. The van der Waals surface area contributed by atoms with Crippen molar-refractivity contribution < 1.29 is 9.18 Å². The maximum atomic E-state index is 12.8. The van der Waals surface area contributed by atoms with E-state index in [0.29, 0.717) is 10.6 Å². The first-order valence-corrected chi connectivity index (χ1v) is 4.27. The summed E-state index contributed by atoms with van der Waals surface area (Å²) in [6.07, 6.45) is 0.758. The van der Waals surface area contributed by atoms with Gasteiger partial charge >= 0.3 is 0 Å². The van der Waals surface area contributed by atoms with Crippen molar-refractivity contribution in [3.05, 3.63) is 34.6 Å². The molecule has 0 saturated carbocycles. The molecule has 0 atom stereocenters. The molecule has 70 valence electrons. The van der Waals surface area contributed by atoms with E-state index in [1.807, 2.05) is 0 Å². The molecule has 0 N–H and O–H groups in total. The van der Waals surface area contributed by atoms with Gasteiger partial charge in [-0.15, -0.1) is 0 Å². The second-order valence-corrected chi connectivity index (χ2v) is 3.87. The number of carbonyl (C=O) groups excluding carboxylic acids is 1. The van der Waals surface area contributed by atoms with Gasteiger partial charge in [0, 0.05) is 10.4 Å². The van der Waals surface area contributed by atoms with Gasteiger partial charge in [0.1, 0.15) is 12.1 Å². The van der Waals surface area contributed by atoms with Crippen LogP contribution in [-0.4, -0.2) is 6.29 Å². The highest BCUT2D eigenvalue weighted by Crippen LogP contribution is 2.28. The van der Waals surface area contributed by atoms with Crippen molar-refractivity contribution in [2.45, 2.75) is 19.3 Å². The van der Waals surface area contributed by atoms with E-state index in [0.717, 1.165) is 6.29 Å². The van der Waals surface area contributed by atoms with Crippen LogP contribution in [0.3, 0.4) is 0 Å². The molecular formula is C10H10ClFO. The minimum Gasteiger partial charge on any atom is -0.302 e. The number of carbonyl (C=O) groups is 1. The zero-order chi connectivity index (χ0) is 10.1. The van der Waals surface area contributed by atoms with Gasteiger partial charge in [-0.3, -0.25) is 0 Å². The third-order valence-corrected chi connectivity index (χ3v) is 2.25. The summed E-state index contributed by atoms with van der Waals surface area (Å²) < 4.78 is 12.8. The average molecular weight is 201 g/mol. The average Bonchev–Trinajstić information content (AvgIpc) is 2.09. The molecule has 0 aliphatic heterocycles. The van der Waals surface area contributed by atoms with Gasteiger partial charge in [0.2, 0.25) is 0 Å². The molecule has 3 heteroatoms. The molecule has 1 aromatic carbocycles. The summed E-state index contributed by atoms with van der Waals surface area (Å²) in [7, 11) is 0. The van der Waals surface area contributed by atoms with Crippen LogP contribution in [0.1, 0.15) is 19.4 Å². The number of halogens is 2. The lowest BCUT2D eigenvalue weighted by Gasteiger charge is -2.18. The zero-order valence-electron chi connectivity index (χ0n) is 7.47. The predicted molar refractivity (Wildman–Crippen MR) is 50.5 cm³/mol. The highest BCUT2D eigenvalue weighted by Gasteiger charge is 2.22. The molecule has 0 aliphatic carbocycles. The molecule has 1 nitrogen and oxygen atoms in total. The highest BCUT2D eigenvalue weighted by molar-refractivity contribution is 6.31. The van der Waals surface area contributed by atoms with Gasteiger partial charge in [-0.05, 0) is 37.6 Å². The number of benzene rings is 1. The van der Waals surface area contributed by atoms with Crippen molar-refractivity contribution in [1.82, 2.24) is 0 Å². The standard InChI is InChI=1S/C10H10ClFO/c1-10(2,6-13)8-5-7(12)3-4-9(8)11/h3-6H,1-2H3. The van der Waals surface area contributed by atoms with E-state index in [9.17, 15) is 9.18 Å². The molecule has 1 rings (SSSR count). The van der Waals surface area contributed by atoms with Gasteiger partial charge in [-0.2, -0.15) is 0 Å². The van der Waals surface area contributed by atoms with E-state index in [1.54, 1.807) is 13.8 Å². The Bertz CT molecular complexity index is 334. The fourth-order valence-electron chi connectivity index (χ4n) is 1.05. The van der Waals surface area contributed by atoms with Gasteiger partial charge in [0.25, 0.3) is 0 Å². The maximum Gasteiger partial charge on any atom is 0.130 e. The van der Waals surface area contributed by atoms with E-state index in [1.165, 1.54) is 18.2 Å². The molecular weight excluding hydrogens is 191 g/mol. The molecule has 0 aliphatic rings. The Morgan fingerprint density at radius 3 is 2.62 bits per heavy atom. The zero-order valence-corrected chi connectivity index (χ0v) is 8.23. The van der Waals surface area contributed by atoms with Crippen molar-refractivity contribution in [2.24, 2.45) is 0 Å². The summed E-state index contributed by atoms with van der Waals surface area (Å²) in [5.41, 5.74) is -0.219. The molecule has 0 unspecified atom stereocenters. The summed E-state index contributed by atoms with van der Waals surface area (Å²) in [6.45, 7) is 3.39. The van der Waals surface area contributed by atoms with E-state index in [2.05, 4.69) is 0 Å². The van der Waals surface area contributed by atoms with Crippen molar-refractivity contribution in [2.75, 3.05) is 0 Å². The lowest BCUT2D eigenvalue weighted by molar-refractivity contribution is -0.111. The van der Waals surface area contributed by atoms with Crippen LogP contribution >= 0.6 is 11.6 Å². The van der Waals surface area contributed by atoms with E-state index >= 15 is 0 Å². The first kappa shape index (κ1) is 10.2. The number of aldehydes is 1. The molecule has 0 radical (unpaired) electrons. The van der Waals surface area contributed by atoms with Crippen LogP contribution in [-0.2, 0) is 10.2 Å². The second kappa shape index (κ2) is 3.46. The molecule has 0 fully saturated rings. The highest BCUT2D eigenvalue weighted by atomic mass is 35.5. The summed E-state index contributed by atoms with van der Waals surface area (Å²) in [6, 6.07) is 4.01. The van der Waals surface area contributed by atoms with Crippen LogP contribution in [0.2, 0.25) is 5.02 Å². The van der Waals surface area contributed by atoms with Crippen LogP contribution < -0.4 is 0 Å². The van der Waals surface area contributed by atoms with Crippen molar-refractivity contribution >= 4 is 17.9 Å². The molecule has 0 bridgehead atoms. The molecule has 1 aromatic rings. The molecule has 13 heavy (non-hydrogen) atoms. The smallest absolute Gasteiger partial charge is 0.130 e. The van der Waals surface area contributed by atoms with Crippen molar-refractivity contribution in [3.63, 3.8) is 0 Å². The van der Waals surface area contributed by atoms with Crippen LogP contribution in [0, 0.1) is 5.82 Å². The van der Waals surface area contributed by atoms with Crippen LogP contribution in [0.25, 0.3) is 0 Å². The Balaban J connectivity index is 3.28. The number of rotatable bonds is 2. The lowest BCUT2D eigenvalue weighted by Crippen LogP contribution is -2.19. The Morgan fingerprint density at radius 2 is 2.08 bits per heavy atom. The van der Waals surface area contributed by atoms with Crippen LogP contribution in [0.15, 0.2) is 18.2 Å². The molecule has 0 spiro atoms. The Morgan fingerprint density at radius 1 is 1.46 bits per heavy atom. The first-order valence-electron chi connectivity index (χ1n) is 3.89. The topological polar surface area (TPSA) is 17.1 Å².